The highest BCUT2D eigenvalue weighted by Crippen LogP contribution is 2.30. The second-order valence-corrected chi connectivity index (χ2v) is 7.59. The van der Waals surface area contributed by atoms with E-state index in [9.17, 15) is 9.18 Å². The maximum atomic E-state index is 13.7. The van der Waals surface area contributed by atoms with Crippen LogP contribution in [0, 0.1) is 5.82 Å². The average molecular weight is 398 g/mol. The van der Waals surface area contributed by atoms with Gasteiger partial charge in [-0.25, -0.2) is 9.37 Å². The quantitative estimate of drug-likeness (QED) is 0.355. The monoisotopic (exact) mass is 398 g/mol. The fourth-order valence-corrected chi connectivity index (χ4v) is 4.59. The molecule has 0 unspecified atom stereocenters. The van der Waals surface area contributed by atoms with Crippen molar-refractivity contribution < 1.29 is 9.13 Å². The first-order chi connectivity index (χ1) is 13.2. The first-order valence-electron chi connectivity index (χ1n) is 8.18. The SMILES string of the molecule is COc1ccc(F)cc1CSc1nc2sccc2c(=O)n1-c1ccccc1. The van der Waals surface area contributed by atoms with Crippen molar-refractivity contribution >= 4 is 33.3 Å². The zero-order valence-electron chi connectivity index (χ0n) is 14.4. The minimum atomic E-state index is -0.325. The molecule has 0 aliphatic heterocycles. The number of hydrogen-bond donors (Lipinski definition) is 0. The Bertz CT molecular complexity index is 1160. The van der Waals surface area contributed by atoms with Crippen LogP contribution in [0.4, 0.5) is 4.39 Å². The number of thiophene rings is 1. The van der Waals surface area contributed by atoms with E-state index in [4.69, 9.17) is 4.74 Å². The van der Waals surface area contributed by atoms with E-state index < -0.39 is 0 Å². The van der Waals surface area contributed by atoms with Crippen LogP contribution in [0.5, 0.6) is 5.75 Å². The number of ether oxygens (including phenoxy) is 1. The smallest absolute Gasteiger partial charge is 0.267 e. The standard InChI is InChI=1S/C20H15FN2O2S2/c1-25-17-8-7-14(21)11-13(17)12-27-20-22-18-16(9-10-26-18)19(24)23(20)15-5-3-2-4-6-15/h2-11H,12H2,1H3. The number of rotatable bonds is 5. The molecule has 0 atom stereocenters. The third-order valence-electron chi connectivity index (χ3n) is 4.08. The van der Waals surface area contributed by atoms with E-state index in [2.05, 4.69) is 4.98 Å². The molecule has 27 heavy (non-hydrogen) atoms. The fourth-order valence-electron chi connectivity index (χ4n) is 2.80. The van der Waals surface area contributed by atoms with E-state index in [0.29, 0.717) is 32.4 Å². The summed E-state index contributed by atoms with van der Waals surface area (Å²) in [5.41, 5.74) is 1.35. The van der Waals surface area contributed by atoms with E-state index in [1.54, 1.807) is 23.8 Å². The summed E-state index contributed by atoms with van der Waals surface area (Å²) in [7, 11) is 1.55. The van der Waals surface area contributed by atoms with E-state index in [-0.39, 0.29) is 11.4 Å². The summed E-state index contributed by atoms with van der Waals surface area (Å²) < 4.78 is 20.6. The largest absolute Gasteiger partial charge is 0.496 e. The van der Waals surface area contributed by atoms with Crippen LogP contribution in [-0.4, -0.2) is 16.7 Å². The number of para-hydroxylation sites is 1. The first-order valence-corrected chi connectivity index (χ1v) is 10.0. The minimum absolute atomic E-state index is 0.110. The number of nitrogens with zero attached hydrogens (tertiary/aromatic N) is 2. The average Bonchev–Trinajstić information content (AvgIpc) is 3.16. The van der Waals surface area contributed by atoms with Crippen molar-refractivity contribution in [1.82, 2.24) is 9.55 Å². The molecule has 4 nitrogen and oxygen atoms in total. The maximum absolute atomic E-state index is 13.7. The van der Waals surface area contributed by atoms with Gasteiger partial charge in [-0.3, -0.25) is 9.36 Å². The Kier molecular flexibility index (Phi) is 4.96. The Morgan fingerprint density at radius 3 is 2.78 bits per heavy atom. The summed E-state index contributed by atoms with van der Waals surface area (Å²) in [4.78, 5) is 18.4. The molecule has 7 heteroatoms. The summed E-state index contributed by atoms with van der Waals surface area (Å²) in [5, 5.41) is 3.02. The van der Waals surface area contributed by atoms with Gasteiger partial charge >= 0.3 is 0 Å². The summed E-state index contributed by atoms with van der Waals surface area (Å²) in [6.45, 7) is 0. The Morgan fingerprint density at radius 1 is 1.19 bits per heavy atom. The molecule has 2 heterocycles. The molecule has 0 radical (unpaired) electrons. The minimum Gasteiger partial charge on any atom is -0.496 e. The van der Waals surface area contributed by atoms with Gasteiger partial charge in [0.2, 0.25) is 0 Å². The highest BCUT2D eigenvalue weighted by atomic mass is 32.2. The number of thioether (sulfide) groups is 1. The van der Waals surface area contributed by atoms with E-state index in [1.165, 1.54) is 35.2 Å². The third kappa shape index (κ3) is 3.48. The molecule has 0 spiro atoms. The summed E-state index contributed by atoms with van der Waals surface area (Å²) in [6.07, 6.45) is 0. The third-order valence-corrected chi connectivity index (χ3v) is 5.87. The van der Waals surface area contributed by atoms with Gasteiger partial charge in [-0.15, -0.1) is 11.3 Å². The second kappa shape index (κ2) is 7.54. The Labute approximate surface area is 163 Å². The molecule has 2 aromatic carbocycles. The van der Waals surface area contributed by atoms with Gasteiger partial charge in [-0.2, -0.15) is 0 Å². The lowest BCUT2D eigenvalue weighted by Gasteiger charge is -2.13. The van der Waals surface area contributed by atoms with Crippen molar-refractivity contribution in [2.45, 2.75) is 10.9 Å². The predicted octanol–water partition coefficient (Wildman–Crippen LogP) is 4.89. The molecule has 0 saturated carbocycles. The van der Waals surface area contributed by atoms with Gasteiger partial charge < -0.3 is 4.74 Å². The van der Waals surface area contributed by atoms with Crippen LogP contribution in [-0.2, 0) is 5.75 Å². The number of hydrogen-bond acceptors (Lipinski definition) is 5. The zero-order chi connectivity index (χ0) is 18.8. The molecular formula is C20H15FN2O2S2. The fraction of sp³-hybridized carbons (Fsp3) is 0.100. The van der Waals surface area contributed by atoms with E-state index in [0.717, 1.165) is 5.69 Å². The highest BCUT2D eigenvalue weighted by molar-refractivity contribution is 7.98. The predicted molar refractivity (Wildman–Crippen MR) is 108 cm³/mol. The maximum Gasteiger partial charge on any atom is 0.267 e. The van der Waals surface area contributed by atoms with Crippen LogP contribution in [0.25, 0.3) is 15.9 Å². The molecule has 4 rings (SSSR count). The summed E-state index contributed by atoms with van der Waals surface area (Å²) >= 11 is 2.81. The molecule has 0 bridgehead atoms. The second-order valence-electron chi connectivity index (χ2n) is 5.75. The van der Waals surface area contributed by atoms with E-state index in [1.807, 2.05) is 35.7 Å². The number of methoxy groups -OCH3 is 1. The zero-order valence-corrected chi connectivity index (χ0v) is 16.0. The van der Waals surface area contributed by atoms with Crippen molar-refractivity contribution in [3.63, 3.8) is 0 Å². The normalized spacial score (nSPS) is 11.0. The van der Waals surface area contributed by atoms with Gasteiger partial charge in [-0.05, 0) is 41.8 Å². The van der Waals surface area contributed by atoms with Crippen molar-refractivity contribution in [2.75, 3.05) is 7.11 Å². The van der Waals surface area contributed by atoms with Crippen molar-refractivity contribution in [1.29, 1.82) is 0 Å². The molecule has 0 amide bonds. The van der Waals surface area contributed by atoms with E-state index >= 15 is 0 Å². The van der Waals surface area contributed by atoms with Crippen molar-refractivity contribution in [2.24, 2.45) is 0 Å². The van der Waals surface area contributed by atoms with Gasteiger partial charge in [-0.1, -0.05) is 30.0 Å². The number of fused-ring (bicyclic) bond motifs is 1. The molecule has 2 aromatic heterocycles. The lowest BCUT2D eigenvalue weighted by molar-refractivity contribution is 0.410. The van der Waals surface area contributed by atoms with Crippen LogP contribution in [0.1, 0.15) is 5.56 Å². The van der Waals surface area contributed by atoms with Crippen LogP contribution in [0.2, 0.25) is 0 Å². The van der Waals surface area contributed by atoms with Crippen molar-refractivity contribution in [3.8, 4) is 11.4 Å². The number of halogens is 1. The molecule has 0 saturated heterocycles. The van der Waals surface area contributed by atoms with Gasteiger partial charge in [0, 0.05) is 11.3 Å². The van der Waals surface area contributed by atoms with Gasteiger partial charge in [0.05, 0.1) is 18.2 Å². The first kappa shape index (κ1) is 17.8. The van der Waals surface area contributed by atoms with Gasteiger partial charge in [0.15, 0.2) is 5.16 Å². The number of aromatic nitrogens is 2. The number of benzene rings is 2. The van der Waals surface area contributed by atoms with Crippen LogP contribution in [0.3, 0.4) is 0 Å². The highest BCUT2D eigenvalue weighted by Gasteiger charge is 2.15. The molecular weight excluding hydrogens is 383 g/mol. The lowest BCUT2D eigenvalue weighted by Crippen LogP contribution is -2.21. The van der Waals surface area contributed by atoms with Crippen LogP contribution < -0.4 is 10.3 Å². The summed E-state index contributed by atoms with van der Waals surface area (Å²) in [5.74, 6) is 0.708. The molecule has 0 fully saturated rings. The Balaban J connectivity index is 1.80. The van der Waals surface area contributed by atoms with Crippen molar-refractivity contribution in [3.05, 3.63) is 81.7 Å². The van der Waals surface area contributed by atoms with Gasteiger partial charge in [0.1, 0.15) is 16.4 Å². The topological polar surface area (TPSA) is 44.1 Å². The molecule has 0 aliphatic carbocycles. The van der Waals surface area contributed by atoms with Gasteiger partial charge in [0.25, 0.3) is 5.56 Å². The molecule has 0 aliphatic rings. The Morgan fingerprint density at radius 2 is 2.00 bits per heavy atom. The molecule has 136 valence electrons. The molecule has 4 aromatic rings. The van der Waals surface area contributed by atoms with Crippen LogP contribution in [0.15, 0.2) is 69.9 Å². The van der Waals surface area contributed by atoms with Crippen LogP contribution >= 0.6 is 23.1 Å². The molecule has 0 N–H and O–H groups in total. The Hall–Kier alpha value is -2.64. The summed E-state index contributed by atoms with van der Waals surface area (Å²) in [6, 6.07) is 15.6. The lowest BCUT2D eigenvalue weighted by atomic mass is 10.2.